The first-order valence-corrected chi connectivity index (χ1v) is 8.01. The van der Waals surface area contributed by atoms with E-state index in [1.165, 1.54) is 11.5 Å². The number of aromatic nitrogens is 2. The molecule has 0 radical (unpaired) electrons. The smallest absolute Gasteiger partial charge is 0.120 e. The zero-order valence-electron chi connectivity index (χ0n) is 12.2. The summed E-state index contributed by atoms with van der Waals surface area (Å²) in [7, 11) is 0. The molecular formula is C15H20N4OS. The molecule has 0 saturated heterocycles. The molecular weight excluding hydrogens is 284 g/mol. The summed E-state index contributed by atoms with van der Waals surface area (Å²) in [6.45, 7) is 4.22. The predicted octanol–water partition coefficient (Wildman–Crippen LogP) is 2.76. The van der Waals surface area contributed by atoms with Gasteiger partial charge in [-0.2, -0.15) is 0 Å². The van der Waals surface area contributed by atoms with Gasteiger partial charge in [-0.1, -0.05) is 30.5 Å². The molecule has 3 rings (SSSR count). The molecule has 1 heterocycles. The molecule has 1 saturated carbocycles. The van der Waals surface area contributed by atoms with E-state index in [1.54, 1.807) is 0 Å². The first-order chi connectivity index (χ1) is 10.2. The molecule has 5 nitrogen and oxygen atoms in total. The Morgan fingerprint density at radius 2 is 2.19 bits per heavy atom. The van der Waals surface area contributed by atoms with Crippen LogP contribution in [0.5, 0.6) is 5.75 Å². The van der Waals surface area contributed by atoms with Crippen molar-refractivity contribution >= 4 is 11.5 Å². The largest absolute Gasteiger partial charge is 0.490 e. The van der Waals surface area contributed by atoms with Crippen LogP contribution in [0.4, 0.5) is 0 Å². The normalized spacial score (nSPS) is 16.2. The maximum atomic E-state index is 5.86. The number of benzene rings is 1. The van der Waals surface area contributed by atoms with Crippen LogP contribution in [0.1, 0.15) is 54.8 Å². The van der Waals surface area contributed by atoms with Crippen molar-refractivity contribution in [1.29, 1.82) is 0 Å². The van der Waals surface area contributed by atoms with Gasteiger partial charge >= 0.3 is 0 Å². The summed E-state index contributed by atoms with van der Waals surface area (Å²) >= 11 is 1.39. The molecule has 1 fully saturated rings. The molecule has 1 aromatic heterocycles. The maximum Gasteiger partial charge on any atom is 0.120 e. The summed E-state index contributed by atoms with van der Waals surface area (Å²) in [6.07, 6.45) is 2.69. The summed E-state index contributed by atoms with van der Waals surface area (Å²) < 4.78 is 9.94. The van der Waals surface area contributed by atoms with Crippen LogP contribution < -0.4 is 16.0 Å². The van der Waals surface area contributed by atoms with E-state index in [-0.39, 0.29) is 6.04 Å². The van der Waals surface area contributed by atoms with Crippen LogP contribution in [-0.4, -0.2) is 15.7 Å². The van der Waals surface area contributed by atoms with Gasteiger partial charge in [-0.05, 0) is 48.0 Å². The van der Waals surface area contributed by atoms with E-state index in [0.717, 1.165) is 34.7 Å². The van der Waals surface area contributed by atoms with E-state index in [4.69, 9.17) is 10.6 Å². The number of hydrogen-bond donors (Lipinski definition) is 2. The summed E-state index contributed by atoms with van der Waals surface area (Å²) in [4.78, 5) is 1.07. The lowest BCUT2D eigenvalue weighted by molar-refractivity contribution is 0.302. The van der Waals surface area contributed by atoms with Crippen molar-refractivity contribution in [3.63, 3.8) is 0 Å². The van der Waals surface area contributed by atoms with Crippen molar-refractivity contribution in [1.82, 2.24) is 15.0 Å². The molecule has 112 valence electrons. The van der Waals surface area contributed by atoms with Gasteiger partial charge < -0.3 is 4.74 Å². The lowest BCUT2D eigenvalue weighted by atomic mass is 10.0. The van der Waals surface area contributed by atoms with Crippen LogP contribution in [0.25, 0.3) is 0 Å². The molecule has 0 amide bonds. The summed E-state index contributed by atoms with van der Waals surface area (Å²) in [6, 6.07) is 7.98. The molecule has 1 aromatic carbocycles. The van der Waals surface area contributed by atoms with Crippen molar-refractivity contribution in [2.45, 2.75) is 44.8 Å². The van der Waals surface area contributed by atoms with Gasteiger partial charge in [0.2, 0.25) is 0 Å². The Kier molecular flexibility index (Phi) is 4.19. The molecule has 1 atom stereocenters. The Balaban J connectivity index is 1.89. The van der Waals surface area contributed by atoms with E-state index in [9.17, 15) is 0 Å². The summed E-state index contributed by atoms with van der Waals surface area (Å²) in [5.41, 5.74) is 4.96. The van der Waals surface area contributed by atoms with Crippen LogP contribution in [0.15, 0.2) is 24.3 Å². The number of hydrogen-bond acceptors (Lipinski definition) is 6. The van der Waals surface area contributed by atoms with E-state index in [2.05, 4.69) is 28.9 Å². The second kappa shape index (κ2) is 6.09. The van der Waals surface area contributed by atoms with Crippen LogP contribution >= 0.6 is 11.5 Å². The van der Waals surface area contributed by atoms with Crippen molar-refractivity contribution in [2.75, 3.05) is 0 Å². The van der Waals surface area contributed by atoms with Crippen LogP contribution in [0.3, 0.4) is 0 Å². The van der Waals surface area contributed by atoms with Crippen LogP contribution in [0, 0.1) is 0 Å². The second-order valence-electron chi connectivity index (χ2n) is 5.67. The van der Waals surface area contributed by atoms with Gasteiger partial charge in [0.05, 0.1) is 22.7 Å². The zero-order valence-corrected chi connectivity index (χ0v) is 13.1. The molecule has 0 bridgehead atoms. The van der Waals surface area contributed by atoms with Gasteiger partial charge in [0.1, 0.15) is 5.75 Å². The van der Waals surface area contributed by atoms with Crippen molar-refractivity contribution in [3.05, 3.63) is 40.4 Å². The lowest BCUT2D eigenvalue weighted by Gasteiger charge is -2.17. The minimum Gasteiger partial charge on any atom is -0.490 e. The first-order valence-electron chi connectivity index (χ1n) is 7.24. The van der Waals surface area contributed by atoms with Crippen LogP contribution in [0.2, 0.25) is 0 Å². The quantitative estimate of drug-likeness (QED) is 0.634. The molecule has 0 spiro atoms. The summed E-state index contributed by atoms with van der Waals surface area (Å²) in [5, 5.41) is 4.23. The van der Waals surface area contributed by atoms with Gasteiger partial charge in [0.25, 0.3) is 0 Å². The second-order valence-corrected chi connectivity index (χ2v) is 6.45. The summed E-state index contributed by atoms with van der Waals surface area (Å²) in [5.74, 6) is 7.01. The van der Waals surface area contributed by atoms with E-state index >= 15 is 0 Å². The third kappa shape index (κ3) is 3.23. The highest BCUT2D eigenvalue weighted by atomic mass is 32.1. The number of nitrogens with one attached hydrogen (secondary N) is 1. The average molecular weight is 304 g/mol. The first kappa shape index (κ1) is 14.4. The van der Waals surface area contributed by atoms with Gasteiger partial charge in [-0.3, -0.25) is 5.84 Å². The minimum absolute atomic E-state index is 0.106. The Morgan fingerprint density at radius 3 is 2.86 bits per heavy atom. The zero-order chi connectivity index (χ0) is 14.8. The number of hydrazine groups is 1. The Hall–Kier alpha value is -1.50. The van der Waals surface area contributed by atoms with Crippen LogP contribution in [-0.2, 0) is 0 Å². The minimum atomic E-state index is -0.106. The average Bonchev–Trinajstić information content (AvgIpc) is 3.14. The van der Waals surface area contributed by atoms with E-state index in [1.807, 2.05) is 24.3 Å². The Labute approximate surface area is 128 Å². The third-order valence-electron chi connectivity index (χ3n) is 3.53. The monoisotopic (exact) mass is 304 g/mol. The lowest BCUT2D eigenvalue weighted by Crippen LogP contribution is -2.29. The SMILES string of the molecule is CC(C)c1nnsc1C(NN)c1cccc(OC2CC2)c1. The van der Waals surface area contributed by atoms with Crippen molar-refractivity contribution in [2.24, 2.45) is 5.84 Å². The van der Waals surface area contributed by atoms with Gasteiger partial charge in [-0.15, -0.1) is 5.10 Å². The Morgan fingerprint density at radius 1 is 1.38 bits per heavy atom. The number of nitrogens with zero attached hydrogens (tertiary/aromatic N) is 2. The highest BCUT2D eigenvalue weighted by Gasteiger charge is 2.25. The molecule has 1 unspecified atom stereocenters. The van der Waals surface area contributed by atoms with Crippen molar-refractivity contribution in [3.8, 4) is 5.75 Å². The molecule has 3 N–H and O–H groups in total. The molecule has 2 aromatic rings. The Bertz CT molecular complexity index is 609. The fourth-order valence-corrected chi connectivity index (χ4v) is 3.17. The topological polar surface area (TPSA) is 73.1 Å². The van der Waals surface area contributed by atoms with Gasteiger partial charge in [0, 0.05) is 0 Å². The van der Waals surface area contributed by atoms with E-state index < -0.39 is 0 Å². The fraction of sp³-hybridized carbons (Fsp3) is 0.467. The fourth-order valence-electron chi connectivity index (χ4n) is 2.27. The highest BCUT2D eigenvalue weighted by molar-refractivity contribution is 7.05. The maximum absolute atomic E-state index is 5.86. The molecule has 1 aliphatic rings. The molecule has 6 heteroatoms. The highest BCUT2D eigenvalue weighted by Crippen LogP contribution is 2.33. The number of nitrogens with two attached hydrogens (primary N) is 1. The predicted molar refractivity (Wildman–Crippen MR) is 83.3 cm³/mol. The van der Waals surface area contributed by atoms with Crippen molar-refractivity contribution < 1.29 is 4.74 Å². The van der Waals surface area contributed by atoms with Gasteiger partial charge in [-0.25, -0.2) is 5.43 Å². The molecule has 1 aliphatic carbocycles. The third-order valence-corrected chi connectivity index (χ3v) is 4.34. The number of ether oxygens (including phenoxy) is 1. The van der Waals surface area contributed by atoms with E-state index in [0.29, 0.717) is 12.0 Å². The molecule has 0 aliphatic heterocycles. The molecule has 21 heavy (non-hydrogen) atoms. The van der Waals surface area contributed by atoms with Gasteiger partial charge in [0.15, 0.2) is 0 Å². The standard InChI is InChI=1S/C15H20N4OS/c1-9(2)13-15(21-19-18-13)14(17-16)10-4-3-5-12(8-10)20-11-6-7-11/h3-5,8-9,11,14,17H,6-7,16H2,1-2H3. The number of rotatable bonds is 6.